The summed E-state index contributed by atoms with van der Waals surface area (Å²) >= 11 is 0. The van der Waals surface area contributed by atoms with Gasteiger partial charge < -0.3 is 20.5 Å². The van der Waals surface area contributed by atoms with E-state index in [9.17, 15) is 4.79 Å². The molecule has 1 atom stereocenters. The van der Waals surface area contributed by atoms with Crippen LogP contribution in [0.1, 0.15) is 18.9 Å². The van der Waals surface area contributed by atoms with Crippen molar-refractivity contribution in [2.24, 2.45) is 5.73 Å². The molecule has 3 N–H and O–H groups in total. The van der Waals surface area contributed by atoms with Crippen molar-refractivity contribution in [3.63, 3.8) is 0 Å². The summed E-state index contributed by atoms with van der Waals surface area (Å²) in [5.41, 5.74) is 6.40. The van der Waals surface area contributed by atoms with Crippen molar-refractivity contribution in [3.8, 4) is 11.5 Å². The van der Waals surface area contributed by atoms with Crippen LogP contribution in [-0.2, 0) is 4.79 Å². The Kier molecular flexibility index (Phi) is 6.59. The van der Waals surface area contributed by atoms with E-state index in [1.807, 2.05) is 19.1 Å². The van der Waals surface area contributed by atoms with Crippen molar-refractivity contribution >= 4 is 12.0 Å². The second-order valence-corrected chi connectivity index (χ2v) is 4.30. The SMILES string of the molecule is CCC(CN)NC(=O)/C=C/c1ccc(OC)c(OC)c1. The minimum atomic E-state index is -0.155. The molecule has 0 spiro atoms. The highest BCUT2D eigenvalue weighted by molar-refractivity contribution is 5.92. The Hall–Kier alpha value is -2.01. The lowest BCUT2D eigenvalue weighted by Gasteiger charge is -2.12. The maximum absolute atomic E-state index is 11.7. The number of methoxy groups -OCH3 is 2. The Balaban J connectivity index is 2.72. The molecule has 5 nitrogen and oxygen atoms in total. The predicted octanol–water partition coefficient (Wildman–Crippen LogP) is 1.57. The van der Waals surface area contributed by atoms with Crippen LogP contribution >= 0.6 is 0 Å². The average molecular weight is 278 g/mol. The molecule has 20 heavy (non-hydrogen) atoms. The van der Waals surface area contributed by atoms with E-state index >= 15 is 0 Å². The monoisotopic (exact) mass is 278 g/mol. The topological polar surface area (TPSA) is 73.6 Å². The first-order valence-corrected chi connectivity index (χ1v) is 6.55. The number of rotatable bonds is 7. The first-order valence-electron chi connectivity index (χ1n) is 6.55. The molecule has 0 saturated heterocycles. The standard InChI is InChI=1S/C15H22N2O3/c1-4-12(10-16)17-15(18)8-6-11-5-7-13(19-2)14(9-11)20-3/h5-9,12H,4,10,16H2,1-3H3,(H,17,18)/b8-6+. The maximum atomic E-state index is 11.7. The summed E-state index contributed by atoms with van der Waals surface area (Å²) in [6.45, 7) is 2.42. The summed E-state index contributed by atoms with van der Waals surface area (Å²) < 4.78 is 10.4. The zero-order valence-electron chi connectivity index (χ0n) is 12.2. The number of hydrogen-bond acceptors (Lipinski definition) is 4. The molecule has 0 aliphatic carbocycles. The molecule has 0 bridgehead atoms. The van der Waals surface area contributed by atoms with Crippen molar-refractivity contribution in [1.82, 2.24) is 5.32 Å². The number of nitrogens with one attached hydrogen (secondary N) is 1. The van der Waals surface area contributed by atoms with E-state index in [4.69, 9.17) is 15.2 Å². The van der Waals surface area contributed by atoms with Crippen LogP contribution in [0.3, 0.4) is 0 Å². The lowest BCUT2D eigenvalue weighted by Crippen LogP contribution is -2.38. The van der Waals surface area contributed by atoms with Gasteiger partial charge in [0.25, 0.3) is 0 Å². The molecular weight excluding hydrogens is 256 g/mol. The number of ether oxygens (including phenoxy) is 2. The average Bonchev–Trinajstić information content (AvgIpc) is 2.50. The van der Waals surface area contributed by atoms with Gasteiger partial charge in [0, 0.05) is 18.7 Å². The van der Waals surface area contributed by atoms with E-state index in [-0.39, 0.29) is 11.9 Å². The summed E-state index contributed by atoms with van der Waals surface area (Å²) in [6.07, 6.45) is 4.02. The highest BCUT2D eigenvalue weighted by atomic mass is 16.5. The Morgan fingerprint density at radius 1 is 1.35 bits per heavy atom. The van der Waals surface area contributed by atoms with Crippen LogP contribution in [0.25, 0.3) is 6.08 Å². The second-order valence-electron chi connectivity index (χ2n) is 4.30. The molecule has 1 aromatic carbocycles. The summed E-state index contributed by atoms with van der Waals surface area (Å²) in [7, 11) is 3.16. The van der Waals surface area contributed by atoms with Gasteiger partial charge in [0.15, 0.2) is 11.5 Å². The van der Waals surface area contributed by atoms with E-state index in [2.05, 4.69) is 5.32 Å². The van der Waals surface area contributed by atoms with Crippen molar-refractivity contribution < 1.29 is 14.3 Å². The summed E-state index contributed by atoms with van der Waals surface area (Å²) in [5, 5.41) is 2.83. The normalized spacial score (nSPS) is 12.2. The fourth-order valence-corrected chi connectivity index (χ4v) is 1.71. The minimum Gasteiger partial charge on any atom is -0.493 e. The summed E-state index contributed by atoms with van der Waals surface area (Å²) in [4.78, 5) is 11.7. The number of nitrogens with two attached hydrogens (primary N) is 1. The number of benzene rings is 1. The van der Waals surface area contributed by atoms with Crippen molar-refractivity contribution in [2.45, 2.75) is 19.4 Å². The number of hydrogen-bond donors (Lipinski definition) is 2. The number of carbonyl (C=O) groups excluding carboxylic acids is 1. The summed E-state index contributed by atoms with van der Waals surface area (Å²) in [5.74, 6) is 1.13. The van der Waals surface area contributed by atoms with E-state index in [0.29, 0.717) is 18.0 Å². The molecule has 1 rings (SSSR count). The number of amides is 1. The van der Waals surface area contributed by atoms with Gasteiger partial charge in [0.05, 0.1) is 14.2 Å². The van der Waals surface area contributed by atoms with Crippen molar-refractivity contribution in [1.29, 1.82) is 0 Å². The van der Waals surface area contributed by atoms with Crippen molar-refractivity contribution in [2.75, 3.05) is 20.8 Å². The van der Waals surface area contributed by atoms with Gasteiger partial charge in [-0.25, -0.2) is 0 Å². The Labute approximate surface area is 119 Å². The molecule has 5 heteroatoms. The lowest BCUT2D eigenvalue weighted by molar-refractivity contribution is -0.117. The third-order valence-electron chi connectivity index (χ3n) is 2.96. The molecule has 1 aromatic rings. The van der Waals surface area contributed by atoms with Crippen LogP contribution < -0.4 is 20.5 Å². The Morgan fingerprint density at radius 2 is 2.05 bits per heavy atom. The van der Waals surface area contributed by atoms with Gasteiger partial charge in [0.2, 0.25) is 5.91 Å². The quantitative estimate of drug-likeness (QED) is 0.743. The molecule has 0 saturated carbocycles. The van der Waals surface area contributed by atoms with Gasteiger partial charge in [-0.05, 0) is 30.2 Å². The van der Waals surface area contributed by atoms with Gasteiger partial charge in [0.1, 0.15) is 0 Å². The van der Waals surface area contributed by atoms with Crippen LogP contribution in [0.4, 0.5) is 0 Å². The van der Waals surface area contributed by atoms with Gasteiger partial charge in [-0.3, -0.25) is 4.79 Å². The molecule has 0 fully saturated rings. The van der Waals surface area contributed by atoms with Crippen LogP contribution in [-0.4, -0.2) is 32.7 Å². The molecular formula is C15H22N2O3. The molecule has 110 valence electrons. The third kappa shape index (κ3) is 4.59. The van der Waals surface area contributed by atoms with Crippen LogP contribution in [0, 0.1) is 0 Å². The molecule has 0 aromatic heterocycles. The molecule has 0 heterocycles. The molecule has 0 radical (unpaired) electrons. The zero-order chi connectivity index (χ0) is 15.0. The van der Waals surface area contributed by atoms with E-state index < -0.39 is 0 Å². The molecule has 0 aliphatic heterocycles. The fraction of sp³-hybridized carbons (Fsp3) is 0.400. The third-order valence-corrected chi connectivity index (χ3v) is 2.96. The highest BCUT2D eigenvalue weighted by Crippen LogP contribution is 2.27. The first kappa shape index (κ1) is 16.0. The Morgan fingerprint density at radius 3 is 2.60 bits per heavy atom. The first-order chi connectivity index (χ1) is 9.64. The van der Waals surface area contributed by atoms with Gasteiger partial charge in [-0.15, -0.1) is 0 Å². The van der Waals surface area contributed by atoms with Crippen LogP contribution in [0.15, 0.2) is 24.3 Å². The van der Waals surface area contributed by atoms with E-state index in [1.165, 1.54) is 6.08 Å². The lowest BCUT2D eigenvalue weighted by atomic mass is 10.2. The van der Waals surface area contributed by atoms with E-state index in [0.717, 1.165) is 12.0 Å². The van der Waals surface area contributed by atoms with E-state index in [1.54, 1.807) is 26.4 Å². The fourth-order valence-electron chi connectivity index (χ4n) is 1.71. The van der Waals surface area contributed by atoms with Gasteiger partial charge in [-0.1, -0.05) is 13.0 Å². The maximum Gasteiger partial charge on any atom is 0.244 e. The Bertz CT molecular complexity index is 468. The highest BCUT2D eigenvalue weighted by Gasteiger charge is 2.06. The second kappa shape index (κ2) is 8.22. The van der Waals surface area contributed by atoms with Gasteiger partial charge >= 0.3 is 0 Å². The van der Waals surface area contributed by atoms with Crippen molar-refractivity contribution in [3.05, 3.63) is 29.8 Å². The van der Waals surface area contributed by atoms with Crippen LogP contribution in [0.2, 0.25) is 0 Å². The smallest absolute Gasteiger partial charge is 0.244 e. The zero-order valence-corrected chi connectivity index (χ0v) is 12.2. The minimum absolute atomic E-state index is 0.0116. The predicted molar refractivity (Wildman–Crippen MR) is 79.9 cm³/mol. The molecule has 1 unspecified atom stereocenters. The summed E-state index contributed by atoms with van der Waals surface area (Å²) in [6, 6.07) is 5.47. The molecule has 1 amide bonds. The van der Waals surface area contributed by atoms with Crippen LogP contribution in [0.5, 0.6) is 11.5 Å². The number of carbonyl (C=O) groups is 1. The van der Waals surface area contributed by atoms with Gasteiger partial charge in [-0.2, -0.15) is 0 Å². The largest absolute Gasteiger partial charge is 0.493 e. The molecule has 0 aliphatic rings.